The largest absolute Gasteiger partial charge is 0.491 e. The summed E-state index contributed by atoms with van der Waals surface area (Å²) in [6.45, 7) is 4.72. The number of para-hydroxylation sites is 1. The second-order valence-corrected chi connectivity index (χ2v) is 8.28. The zero-order valence-electron chi connectivity index (χ0n) is 17.0. The molecule has 2 heteroatoms. The van der Waals surface area contributed by atoms with Gasteiger partial charge < -0.3 is 4.74 Å². The van der Waals surface area contributed by atoms with Crippen molar-refractivity contribution < 1.29 is 9.13 Å². The van der Waals surface area contributed by atoms with Gasteiger partial charge in [-0.25, -0.2) is 4.39 Å². The molecule has 1 aromatic carbocycles. The van der Waals surface area contributed by atoms with Gasteiger partial charge in [0.1, 0.15) is 18.5 Å². The number of rotatable bonds is 12. The van der Waals surface area contributed by atoms with Crippen LogP contribution in [0.25, 0.3) is 0 Å². The number of benzene rings is 1. The Kier molecular flexibility index (Phi) is 10.1. The molecule has 1 saturated carbocycles. The molecule has 0 bridgehead atoms. The van der Waals surface area contributed by atoms with Crippen LogP contribution in [0.5, 0.6) is 5.75 Å². The van der Waals surface area contributed by atoms with Crippen LogP contribution in [0.1, 0.15) is 84.5 Å². The third-order valence-corrected chi connectivity index (χ3v) is 6.19. The van der Waals surface area contributed by atoms with Crippen molar-refractivity contribution in [2.24, 2.45) is 17.8 Å². The van der Waals surface area contributed by atoms with Gasteiger partial charge in [-0.2, -0.15) is 0 Å². The van der Waals surface area contributed by atoms with Crippen molar-refractivity contribution in [1.82, 2.24) is 0 Å². The number of halogens is 1. The van der Waals surface area contributed by atoms with E-state index in [9.17, 15) is 4.39 Å². The van der Waals surface area contributed by atoms with E-state index in [1.807, 2.05) is 30.3 Å². The number of hydrogen-bond acceptors (Lipinski definition) is 1. The van der Waals surface area contributed by atoms with Gasteiger partial charge in [-0.1, -0.05) is 83.4 Å². The third-order valence-electron chi connectivity index (χ3n) is 6.19. The lowest BCUT2D eigenvalue weighted by molar-refractivity contribution is 0.119. The van der Waals surface area contributed by atoms with Gasteiger partial charge in [0.2, 0.25) is 0 Å². The maximum atomic E-state index is 14.6. The van der Waals surface area contributed by atoms with E-state index in [1.165, 1.54) is 64.2 Å². The quantitative estimate of drug-likeness (QED) is 0.372. The maximum absolute atomic E-state index is 14.6. The fraction of sp³-hybridized carbons (Fsp3) is 0.750. The molecule has 0 saturated heterocycles. The van der Waals surface area contributed by atoms with Gasteiger partial charge in [0.05, 0.1) is 0 Å². The van der Waals surface area contributed by atoms with Crippen LogP contribution in [0.15, 0.2) is 30.3 Å². The van der Waals surface area contributed by atoms with Crippen LogP contribution in [0.3, 0.4) is 0 Å². The second-order valence-electron chi connectivity index (χ2n) is 8.28. The van der Waals surface area contributed by atoms with Crippen molar-refractivity contribution in [2.45, 2.75) is 90.6 Å². The molecule has 0 radical (unpaired) electrons. The summed E-state index contributed by atoms with van der Waals surface area (Å²) in [7, 11) is 0. The first-order valence-electron chi connectivity index (χ1n) is 11.0. The summed E-state index contributed by atoms with van der Waals surface area (Å²) in [6.07, 6.45) is 12.9. The number of ether oxygens (including phenoxy) is 1. The molecule has 1 nitrogen and oxygen atoms in total. The van der Waals surface area contributed by atoms with Crippen molar-refractivity contribution in [3.63, 3.8) is 0 Å². The van der Waals surface area contributed by atoms with Gasteiger partial charge in [0.15, 0.2) is 0 Å². The maximum Gasteiger partial charge on any atom is 0.134 e. The molecule has 0 heterocycles. The van der Waals surface area contributed by atoms with Gasteiger partial charge in [-0.05, 0) is 49.1 Å². The Morgan fingerprint density at radius 2 is 1.69 bits per heavy atom. The summed E-state index contributed by atoms with van der Waals surface area (Å²) in [6, 6.07) is 9.63. The molecule has 2 atom stereocenters. The lowest BCUT2D eigenvalue weighted by Gasteiger charge is -2.35. The lowest BCUT2D eigenvalue weighted by atomic mass is 9.72. The molecule has 0 amide bonds. The summed E-state index contributed by atoms with van der Waals surface area (Å²) >= 11 is 0. The van der Waals surface area contributed by atoms with E-state index < -0.39 is 6.17 Å². The molecule has 1 fully saturated rings. The van der Waals surface area contributed by atoms with E-state index in [-0.39, 0.29) is 6.61 Å². The number of unbranched alkanes of at least 4 members (excludes halogenated alkanes) is 2. The highest BCUT2D eigenvalue weighted by atomic mass is 19.1. The van der Waals surface area contributed by atoms with Crippen LogP contribution in [0.4, 0.5) is 4.39 Å². The third kappa shape index (κ3) is 7.68. The fourth-order valence-electron chi connectivity index (χ4n) is 4.55. The van der Waals surface area contributed by atoms with E-state index in [2.05, 4.69) is 13.8 Å². The van der Waals surface area contributed by atoms with Crippen molar-refractivity contribution in [3.8, 4) is 5.75 Å². The summed E-state index contributed by atoms with van der Waals surface area (Å²) in [5, 5.41) is 0. The molecule has 1 aliphatic rings. The van der Waals surface area contributed by atoms with Crippen LogP contribution < -0.4 is 4.74 Å². The van der Waals surface area contributed by atoms with Crippen molar-refractivity contribution in [1.29, 1.82) is 0 Å². The van der Waals surface area contributed by atoms with Crippen LogP contribution >= 0.6 is 0 Å². The van der Waals surface area contributed by atoms with E-state index in [0.717, 1.165) is 17.6 Å². The average Bonchev–Trinajstić information content (AvgIpc) is 2.69. The summed E-state index contributed by atoms with van der Waals surface area (Å²) in [4.78, 5) is 0. The van der Waals surface area contributed by atoms with Crippen LogP contribution in [0.2, 0.25) is 0 Å². The van der Waals surface area contributed by atoms with Gasteiger partial charge >= 0.3 is 0 Å². The minimum absolute atomic E-state index is 0.193. The predicted molar refractivity (Wildman–Crippen MR) is 109 cm³/mol. The molecule has 1 aromatic rings. The topological polar surface area (TPSA) is 9.23 Å². The zero-order valence-corrected chi connectivity index (χ0v) is 17.0. The molecule has 148 valence electrons. The van der Waals surface area contributed by atoms with Crippen LogP contribution in [-0.2, 0) is 0 Å². The Morgan fingerprint density at radius 1 is 1.00 bits per heavy atom. The number of hydrogen-bond donors (Lipinski definition) is 0. The molecule has 0 aliphatic heterocycles. The van der Waals surface area contributed by atoms with Crippen molar-refractivity contribution >= 4 is 0 Å². The Balaban J connectivity index is 1.78. The highest BCUT2D eigenvalue weighted by molar-refractivity contribution is 5.20. The molecule has 0 N–H and O–H groups in total. The molecule has 0 aromatic heterocycles. The van der Waals surface area contributed by atoms with Crippen molar-refractivity contribution in [3.05, 3.63) is 30.3 Å². The minimum atomic E-state index is -0.852. The van der Waals surface area contributed by atoms with E-state index >= 15 is 0 Å². The Morgan fingerprint density at radius 3 is 2.35 bits per heavy atom. The SMILES string of the molecule is CCCCC1CCC(C(CCCC)CC(F)COc2ccccc2)CC1. The van der Waals surface area contributed by atoms with Gasteiger partial charge in [0, 0.05) is 0 Å². The van der Waals surface area contributed by atoms with E-state index in [4.69, 9.17) is 4.74 Å². The number of alkyl halides is 1. The van der Waals surface area contributed by atoms with Crippen molar-refractivity contribution in [2.75, 3.05) is 6.61 Å². The normalized spacial score (nSPS) is 22.7. The first kappa shape index (κ1) is 21.3. The minimum Gasteiger partial charge on any atom is -0.491 e. The lowest BCUT2D eigenvalue weighted by Crippen LogP contribution is -2.26. The first-order chi connectivity index (χ1) is 12.7. The average molecular weight is 363 g/mol. The molecule has 2 unspecified atom stereocenters. The molecule has 2 rings (SSSR count). The van der Waals surface area contributed by atoms with E-state index in [1.54, 1.807) is 0 Å². The molecule has 26 heavy (non-hydrogen) atoms. The summed E-state index contributed by atoms with van der Waals surface area (Å²) in [5.74, 6) is 2.98. The van der Waals surface area contributed by atoms with Crippen LogP contribution in [-0.4, -0.2) is 12.8 Å². The fourth-order valence-corrected chi connectivity index (χ4v) is 4.55. The van der Waals surface area contributed by atoms with E-state index in [0.29, 0.717) is 12.3 Å². The molecule has 1 aliphatic carbocycles. The highest BCUT2D eigenvalue weighted by Gasteiger charge is 2.29. The Bertz CT molecular complexity index is 453. The molecular formula is C24H39FO. The smallest absolute Gasteiger partial charge is 0.134 e. The highest BCUT2D eigenvalue weighted by Crippen LogP contribution is 2.39. The Hall–Kier alpha value is -1.05. The Labute approximate surface area is 160 Å². The monoisotopic (exact) mass is 362 g/mol. The predicted octanol–water partition coefficient (Wildman–Crippen LogP) is 7.60. The second kappa shape index (κ2) is 12.4. The standard InChI is InChI=1S/C24H39FO/c1-3-5-10-20-14-16-21(17-15-20)22(11-6-4-2)18-23(25)19-26-24-12-8-7-9-13-24/h7-9,12-13,20-23H,3-6,10-11,14-19H2,1-2H3. The first-order valence-corrected chi connectivity index (χ1v) is 11.0. The zero-order chi connectivity index (χ0) is 18.6. The van der Waals surface area contributed by atoms with Gasteiger partial charge in [-0.3, -0.25) is 0 Å². The van der Waals surface area contributed by atoms with Gasteiger partial charge in [0.25, 0.3) is 0 Å². The van der Waals surface area contributed by atoms with Crippen LogP contribution in [0, 0.1) is 17.8 Å². The molecule has 0 spiro atoms. The summed E-state index contributed by atoms with van der Waals surface area (Å²) < 4.78 is 20.3. The van der Waals surface area contributed by atoms with Gasteiger partial charge in [-0.15, -0.1) is 0 Å². The summed E-state index contributed by atoms with van der Waals surface area (Å²) in [5.41, 5.74) is 0. The molecular weight excluding hydrogens is 323 g/mol.